The molecule has 0 saturated carbocycles. The van der Waals surface area contributed by atoms with E-state index in [9.17, 15) is 19.5 Å². The van der Waals surface area contributed by atoms with E-state index >= 15 is 0 Å². The van der Waals surface area contributed by atoms with Gasteiger partial charge in [-0.2, -0.15) is 0 Å². The standard InChI is InChI=1S/C31H36N2O6/c1-31(2,3)25-17-15-23(16-18-25)19-26(28(34)35)32-33(30(37)39-21-24-13-9-6-10-14-24)27(29(36)38-4)20-22-11-7-5-8-12-22/h5-18,26-27,32H,19-21H2,1-4H3,(H,34,35)/t26-,27-/m0/s1. The number of hydrazine groups is 1. The second-order valence-corrected chi connectivity index (χ2v) is 10.3. The fraction of sp³-hybridized carbons (Fsp3) is 0.323. The Morgan fingerprint density at radius 3 is 1.87 bits per heavy atom. The smallest absolute Gasteiger partial charge is 0.425 e. The molecule has 8 nitrogen and oxygen atoms in total. The van der Waals surface area contributed by atoms with Crippen molar-refractivity contribution in [3.05, 3.63) is 107 Å². The number of ether oxygens (including phenoxy) is 2. The van der Waals surface area contributed by atoms with Gasteiger partial charge in [0, 0.05) is 12.8 Å². The number of nitrogens with zero attached hydrogens (tertiary/aromatic N) is 1. The van der Waals surface area contributed by atoms with Gasteiger partial charge < -0.3 is 14.6 Å². The molecule has 8 heteroatoms. The van der Waals surface area contributed by atoms with Crippen LogP contribution in [0.5, 0.6) is 0 Å². The highest BCUT2D eigenvalue weighted by Gasteiger charge is 2.35. The van der Waals surface area contributed by atoms with E-state index in [4.69, 9.17) is 9.47 Å². The normalized spacial score (nSPS) is 12.7. The molecular weight excluding hydrogens is 496 g/mol. The van der Waals surface area contributed by atoms with Gasteiger partial charge in [0.2, 0.25) is 0 Å². The maximum Gasteiger partial charge on any atom is 0.425 e. The van der Waals surface area contributed by atoms with E-state index in [1.807, 2.05) is 72.8 Å². The first-order chi connectivity index (χ1) is 18.6. The van der Waals surface area contributed by atoms with Crippen LogP contribution >= 0.6 is 0 Å². The summed E-state index contributed by atoms with van der Waals surface area (Å²) >= 11 is 0. The topological polar surface area (TPSA) is 105 Å². The number of hydrogen-bond donors (Lipinski definition) is 2. The van der Waals surface area contributed by atoms with Crippen molar-refractivity contribution >= 4 is 18.0 Å². The third-order valence-electron chi connectivity index (χ3n) is 6.31. The lowest BCUT2D eigenvalue weighted by Crippen LogP contribution is -2.59. The van der Waals surface area contributed by atoms with Gasteiger partial charge in [0.25, 0.3) is 0 Å². The average Bonchev–Trinajstić information content (AvgIpc) is 2.93. The number of aliphatic carboxylic acids is 1. The quantitative estimate of drug-likeness (QED) is 0.267. The van der Waals surface area contributed by atoms with E-state index in [1.54, 1.807) is 12.1 Å². The first kappa shape index (κ1) is 29.4. The predicted octanol–water partition coefficient (Wildman–Crippen LogP) is 4.91. The summed E-state index contributed by atoms with van der Waals surface area (Å²) in [5, 5.41) is 11.0. The summed E-state index contributed by atoms with van der Waals surface area (Å²) in [5.41, 5.74) is 6.12. The Labute approximate surface area is 229 Å². The predicted molar refractivity (Wildman–Crippen MR) is 148 cm³/mol. The van der Waals surface area contributed by atoms with Crippen molar-refractivity contribution < 1.29 is 29.0 Å². The van der Waals surface area contributed by atoms with Crippen molar-refractivity contribution in [1.82, 2.24) is 10.4 Å². The molecule has 3 rings (SSSR count). The fourth-order valence-electron chi connectivity index (χ4n) is 4.04. The molecule has 0 aliphatic carbocycles. The SMILES string of the molecule is COC(=O)[C@H](Cc1ccccc1)N(N[C@@H](Cc1ccc(C(C)(C)C)cc1)C(=O)O)C(=O)OCc1ccccc1. The van der Waals surface area contributed by atoms with Crippen LogP contribution in [0.1, 0.15) is 43.0 Å². The molecule has 0 aliphatic heterocycles. The summed E-state index contributed by atoms with van der Waals surface area (Å²) in [6.45, 7) is 6.25. The van der Waals surface area contributed by atoms with Crippen LogP contribution in [0.3, 0.4) is 0 Å². The number of carbonyl (C=O) groups excluding carboxylic acids is 2. The Balaban J connectivity index is 1.89. The molecule has 0 aliphatic rings. The second kappa shape index (κ2) is 13.6. The first-order valence-electron chi connectivity index (χ1n) is 12.8. The number of amides is 1. The van der Waals surface area contributed by atoms with Gasteiger partial charge in [0.1, 0.15) is 12.6 Å². The highest BCUT2D eigenvalue weighted by molar-refractivity contribution is 5.82. The number of rotatable bonds is 11. The Morgan fingerprint density at radius 2 is 1.36 bits per heavy atom. The lowest BCUT2D eigenvalue weighted by Gasteiger charge is -2.32. The molecule has 0 heterocycles. The van der Waals surface area contributed by atoms with Crippen molar-refractivity contribution in [2.45, 2.75) is 57.7 Å². The number of methoxy groups -OCH3 is 1. The van der Waals surface area contributed by atoms with E-state index < -0.39 is 30.1 Å². The number of hydrogen-bond acceptors (Lipinski definition) is 6. The van der Waals surface area contributed by atoms with Gasteiger partial charge in [-0.1, -0.05) is 106 Å². The summed E-state index contributed by atoms with van der Waals surface area (Å²) in [7, 11) is 1.22. The first-order valence-corrected chi connectivity index (χ1v) is 12.8. The number of carboxylic acids is 1. The summed E-state index contributed by atoms with van der Waals surface area (Å²) < 4.78 is 10.5. The molecule has 3 aromatic carbocycles. The average molecular weight is 533 g/mol. The summed E-state index contributed by atoms with van der Waals surface area (Å²) in [6.07, 6.45) is -0.728. The van der Waals surface area contributed by atoms with Crippen molar-refractivity contribution in [1.29, 1.82) is 0 Å². The minimum atomic E-state index is -1.22. The Hall–Kier alpha value is -4.17. The van der Waals surface area contributed by atoms with Crippen LogP contribution in [0.25, 0.3) is 0 Å². The minimum absolute atomic E-state index is 0.0482. The van der Waals surface area contributed by atoms with Crippen molar-refractivity contribution in [2.75, 3.05) is 7.11 Å². The van der Waals surface area contributed by atoms with Gasteiger partial charge in [-0.05, 0) is 27.7 Å². The largest absolute Gasteiger partial charge is 0.480 e. The third kappa shape index (κ3) is 8.68. The molecule has 1 amide bonds. The monoisotopic (exact) mass is 532 g/mol. The van der Waals surface area contributed by atoms with Crippen molar-refractivity contribution in [3.8, 4) is 0 Å². The van der Waals surface area contributed by atoms with Gasteiger partial charge in [-0.15, -0.1) is 0 Å². The summed E-state index contributed by atoms with van der Waals surface area (Å²) in [4.78, 5) is 38.6. The molecule has 39 heavy (non-hydrogen) atoms. The number of benzene rings is 3. The van der Waals surface area contributed by atoms with Crippen LogP contribution in [-0.4, -0.2) is 47.3 Å². The van der Waals surface area contributed by atoms with Gasteiger partial charge >= 0.3 is 18.0 Å². The molecule has 2 atom stereocenters. The van der Waals surface area contributed by atoms with Crippen LogP contribution in [0.15, 0.2) is 84.9 Å². The number of carbonyl (C=O) groups is 3. The number of nitrogens with one attached hydrogen (secondary N) is 1. The molecule has 0 unspecified atom stereocenters. The highest BCUT2D eigenvalue weighted by atomic mass is 16.6. The highest BCUT2D eigenvalue weighted by Crippen LogP contribution is 2.23. The molecule has 0 bridgehead atoms. The van der Waals surface area contributed by atoms with E-state index in [-0.39, 0.29) is 24.9 Å². The zero-order chi connectivity index (χ0) is 28.4. The maximum absolute atomic E-state index is 13.4. The van der Waals surface area contributed by atoms with E-state index in [2.05, 4.69) is 26.2 Å². The molecular formula is C31H36N2O6. The van der Waals surface area contributed by atoms with Gasteiger partial charge in [-0.25, -0.2) is 20.0 Å². The minimum Gasteiger partial charge on any atom is -0.480 e. The lowest BCUT2D eigenvalue weighted by molar-refractivity contribution is -0.150. The number of esters is 1. The van der Waals surface area contributed by atoms with E-state index in [0.717, 1.165) is 27.3 Å². The van der Waals surface area contributed by atoms with Crippen LogP contribution in [0.4, 0.5) is 4.79 Å². The third-order valence-corrected chi connectivity index (χ3v) is 6.31. The van der Waals surface area contributed by atoms with Crippen LogP contribution in [0.2, 0.25) is 0 Å². The molecule has 2 N–H and O–H groups in total. The molecule has 0 spiro atoms. The molecule has 0 aromatic heterocycles. The van der Waals surface area contributed by atoms with Crippen LogP contribution in [0, 0.1) is 0 Å². The Morgan fingerprint density at radius 1 is 0.821 bits per heavy atom. The molecule has 206 valence electrons. The fourth-order valence-corrected chi connectivity index (χ4v) is 4.04. The van der Waals surface area contributed by atoms with Gasteiger partial charge in [-0.3, -0.25) is 4.79 Å². The molecule has 3 aromatic rings. The van der Waals surface area contributed by atoms with Crippen molar-refractivity contribution in [2.24, 2.45) is 0 Å². The zero-order valence-electron chi connectivity index (χ0n) is 22.8. The van der Waals surface area contributed by atoms with Gasteiger partial charge in [0.05, 0.1) is 7.11 Å². The second-order valence-electron chi connectivity index (χ2n) is 10.3. The maximum atomic E-state index is 13.4. The van der Waals surface area contributed by atoms with Gasteiger partial charge in [0.15, 0.2) is 6.04 Å². The van der Waals surface area contributed by atoms with E-state index in [1.165, 1.54) is 7.11 Å². The Kier molecular flexibility index (Phi) is 10.2. The number of carboxylic acid groups (broad SMARTS) is 1. The molecule has 0 saturated heterocycles. The van der Waals surface area contributed by atoms with Crippen LogP contribution in [-0.2, 0) is 43.9 Å². The molecule has 0 radical (unpaired) electrons. The zero-order valence-corrected chi connectivity index (χ0v) is 22.8. The summed E-state index contributed by atoms with van der Waals surface area (Å²) in [5.74, 6) is -1.89. The van der Waals surface area contributed by atoms with E-state index in [0.29, 0.717) is 0 Å². The Bertz CT molecular complexity index is 1220. The lowest BCUT2D eigenvalue weighted by atomic mass is 9.86. The van der Waals surface area contributed by atoms with Crippen LogP contribution < -0.4 is 5.43 Å². The summed E-state index contributed by atoms with van der Waals surface area (Å²) in [6, 6.07) is 23.5. The van der Waals surface area contributed by atoms with Crippen molar-refractivity contribution in [3.63, 3.8) is 0 Å². The molecule has 0 fully saturated rings.